The van der Waals surface area contributed by atoms with Crippen LogP contribution >= 0.6 is 34.8 Å². The topological polar surface area (TPSA) is 58.6 Å². The summed E-state index contributed by atoms with van der Waals surface area (Å²) in [4.78, 5) is 27.1. The van der Waals surface area contributed by atoms with Crippen LogP contribution in [0.3, 0.4) is 0 Å². The fourth-order valence-corrected chi connectivity index (χ4v) is 3.33. The number of amides is 2. The first-order valence-electron chi connectivity index (χ1n) is 10.1. The summed E-state index contributed by atoms with van der Waals surface area (Å²) in [5, 5.41) is 4.31. The van der Waals surface area contributed by atoms with Gasteiger partial charge in [0.25, 0.3) is 5.91 Å². The first kappa shape index (κ1) is 25.3. The Morgan fingerprint density at radius 3 is 2.42 bits per heavy atom. The van der Waals surface area contributed by atoms with E-state index in [-0.39, 0.29) is 25.0 Å². The molecule has 0 aliphatic heterocycles. The molecule has 2 aromatic carbocycles. The molecule has 0 spiro atoms. The van der Waals surface area contributed by atoms with Gasteiger partial charge in [0.05, 0.1) is 10.0 Å². The van der Waals surface area contributed by atoms with Gasteiger partial charge in [-0.15, -0.1) is 0 Å². The number of nitrogens with one attached hydrogen (secondary N) is 1. The second-order valence-corrected chi connectivity index (χ2v) is 8.51. The molecule has 31 heavy (non-hydrogen) atoms. The lowest BCUT2D eigenvalue weighted by Gasteiger charge is -2.29. The molecular formula is C23H27Cl3N2O3. The van der Waals surface area contributed by atoms with E-state index in [1.54, 1.807) is 43.3 Å². The molecule has 2 rings (SSSR count). The molecule has 2 amide bonds. The molecule has 0 bridgehead atoms. The Kier molecular flexibility index (Phi) is 9.94. The van der Waals surface area contributed by atoms with Crippen molar-refractivity contribution in [2.45, 2.75) is 46.2 Å². The molecule has 0 saturated carbocycles. The number of hydrogen-bond acceptors (Lipinski definition) is 3. The molecule has 0 saturated heterocycles. The molecule has 0 aliphatic rings. The van der Waals surface area contributed by atoms with E-state index in [0.29, 0.717) is 27.4 Å². The molecule has 0 aliphatic carbocycles. The average molecular weight is 486 g/mol. The largest absolute Gasteiger partial charge is 0.484 e. The van der Waals surface area contributed by atoms with Gasteiger partial charge in [-0.25, -0.2) is 0 Å². The monoisotopic (exact) mass is 484 g/mol. The summed E-state index contributed by atoms with van der Waals surface area (Å²) in [7, 11) is 0. The highest BCUT2D eigenvalue weighted by atomic mass is 35.5. The minimum atomic E-state index is -0.686. The Hall–Kier alpha value is -1.95. The number of benzene rings is 2. The summed E-state index contributed by atoms with van der Waals surface area (Å²) in [6.45, 7) is 6.15. The van der Waals surface area contributed by atoms with Crippen LogP contribution in [-0.4, -0.2) is 35.9 Å². The predicted molar refractivity (Wildman–Crippen MR) is 126 cm³/mol. The minimum absolute atomic E-state index is 0.196. The Bertz CT molecular complexity index is 921. The van der Waals surface area contributed by atoms with Gasteiger partial charge in [-0.05, 0) is 61.7 Å². The van der Waals surface area contributed by atoms with E-state index in [4.69, 9.17) is 39.5 Å². The Labute approximate surface area is 198 Å². The van der Waals surface area contributed by atoms with Gasteiger partial charge in [-0.1, -0.05) is 54.2 Å². The summed E-state index contributed by atoms with van der Waals surface area (Å²) in [5.41, 5.74) is 1.61. The molecule has 0 aromatic heterocycles. The SMILES string of the molecule is CCCCNC(=O)[C@H](C)N(Cc1ccc(Cl)c(Cl)c1)C(=O)COc1ccc(Cl)c(C)c1. The van der Waals surface area contributed by atoms with Crippen molar-refractivity contribution in [3.8, 4) is 5.75 Å². The number of carbonyl (C=O) groups excluding carboxylic acids is 2. The maximum Gasteiger partial charge on any atom is 0.261 e. The summed E-state index contributed by atoms with van der Waals surface area (Å²) in [6, 6.07) is 9.63. The molecule has 1 N–H and O–H groups in total. The molecule has 168 valence electrons. The lowest BCUT2D eigenvalue weighted by molar-refractivity contribution is -0.142. The first-order valence-corrected chi connectivity index (χ1v) is 11.3. The van der Waals surface area contributed by atoms with E-state index >= 15 is 0 Å². The zero-order valence-electron chi connectivity index (χ0n) is 17.9. The number of hydrogen-bond donors (Lipinski definition) is 1. The van der Waals surface area contributed by atoms with E-state index in [9.17, 15) is 9.59 Å². The van der Waals surface area contributed by atoms with Gasteiger partial charge in [0.1, 0.15) is 11.8 Å². The molecule has 0 radical (unpaired) electrons. The van der Waals surface area contributed by atoms with Crippen LogP contribution in [0.1, 0.15) is 37.8 Å². The van der Waals surface area contributed by atoms with Crippen LogP contribution in [0.15, 0.2) is 36.4 Å². The van der Waals surface area contributed by atoms with Crippen LogP contribution in [0.4, 0.5) is 0 Å². The van der Waals surface area contributed by atoms with Gasteiger partial charge in [0.2, 0.25) is 5.91 Å². The number of nitrogens with zero attached hydrogens (tertiary/aromatic N) is 1. The van der Waals surface area contributed by atoms with Crippen molar-refractivity contribution in [2.24, 2.45) is 0 Å². The highest BCUT2D eigenvalue weighted by molar-refractivity contribution is 6.42. The fourth-order valence-electron chi connectivity index (χ4n) is 2.89. The zero-order chi connectivity index (χ0) is 23.0. The molecule has 0 unspecified atom stereocenters. The van der Waals surface area contributed by atoms with E-state index in [1.165, 1.54) is 4.90 Å². The van der Waals surface area contributed by atoms with Crippen LogP contribution in [0.5, 0.6) is 5.75 Å². The molecule has 5 nitrogen and oxygen atoms in total. The fraction of sp³-hybridized carbons (Fsp3) is 0.391. The normalized spacial score (nSPS) is 11.7. The second kappa shape index (κ2) is 12.2. The van der Waals surface area contributed by atoms with Crippen molar-refractivity contribution in [3.05, 3.63) is 62.6 Å². The van der Waals surface area contributed by atoms with Crippen molar-refractivity contribution in [3.63, 3.8) is 0 Å². The van der Waals surface area contributed by atoms with E-state index < -0.39 is 6.04 Å². The highest BCUT2D eigenvalue weighted by Gasteiger charge is 2.26. The lowest BCUT2D eigenvalue weighted by atomic mass is 10.1. The number of halogens is 3. The number of aryl methyl sites for hydroxylation is 1. The third-order valence-electron chi connectivity index (χ3n) is 4.83. The van der Waals surface area contributed by atoms with Crippen LogP contribution in [0.2, 0.25) is 15.1 Å². The quantitative estimate of drug-likeness (QED) is 0.441. The summed E-state index contributed by atoms with van der Waals surface area (Å²) in [6.07, 6.45) is 1.84. The van der Waals surface area contributed by atoms with Crippen molar-refractivity contribution >= 4 is 46.6 Å². The number of ether oxygens (including phenoxy) is 1. The van der Waals surface area contributed by atoms with Crippen molar-refractivity contribution in [1.29, 1.82) is 0 Å². The lowest BCUT2D eigenvalue weighted by Crippen LogP contribution is -2.49. The molecule has 0 fully saturated rings. The van der Waals surface area contributed by atoms with Gasteiger partial charge < -0.3 is 15.0 Å². The molecular weight excluding hydrogens is 459 g/mol. The maximum atomic E-state index is 13.0. The van der Waals surface area contributed by atoms with Crippen molar-refractivity contribution in [1.82, 2.24) is 10.2 Å². The van der Waals surface area contributed by atoms with Gasteiger partial charge in [-0.2, -0.15) is 0 Å². The average Bonchev–Trinajstić information content (AvgIpc) is 2.74. The molecule has 1 atom stereocenters. The van der Waals surface area contributed by atoms with Gasteiger partial charge in [0, 0.05) is 18.1 Å². The van der Waals surface area contributed by atoms with E-state index in [1.807, 2.05) is 13.8 Å². The van der Waals surface area contributed by atoms with Crippen LogP contribution in [0, 0.1) is 6.92 Å². The van der Waals surface area contributed by atoms with Crippen molar-refractivity contribution < 1.29 is 14.3 Å². The summed E-state index contributed by atoms with van der Waals surface area (Å²) in [5.74, 6) is -0.00852. The number of carbonyl (C=O) groups is 2. The standard InChI is InChI=1S/C23H27Cl3N2O3/c1-4-5-10-27-23(30)16(3)28(13-17-6-8-20(25)21(26)12-17)22(29)14-31-18-7-9-19(24)15(2)11-18/h6-9,11-12,16H,4-5,10,13-14H2,1-3H3,(H,27,30)/t16-/m0/s1. The van der Waals surface area contributed by atoms with E-state index in [2.05, 4.69) is 5.32 Å². The van der Waals surface area contributed by atoms with Crippen LogP contribution in [-0.2, 0) is 16.1 Å². The molecule has 2 aromatic rings. The molecule has 8 heteroatoms. The molecule has 0 heterocycles. The van der Waals surface area contributed by atoms with E-state index in [0.717, 1.165) is 24.0 Å². The Morgan fingerprint density at radius 1 is 1.06 bits per heavy atom. The highest BCUT2D eigenvalue weighted by Crippen LogP contribution is 2.24. The van der Waals surface area contributed by atoms with Gasteiger partial charge in [-0.3, -0.25) is 9.59 Å². The van der Waals surface area contributed by atoms with Crippen LogP contribution < -0.4 is 10.1 Å². The van der Waals surface area contributed by atoms with Gasteiger partial charge in [0.15, 0.2) is 6.61 Å². The van der Waals surface area contributed by atoms with Gasteiger partial charge >= 0.3 is 0 Å². The second-order valence-electron chi connectivity index (χ2n) is 7.29. The van der Waals surface area contributed by atoms with Crippen LogP contribution in [0.25, 0.3) is 0 Å². The summed E-state index contributed by atoms with van der Waals surface area (Å²) < 4.78 is 5.66. The minimum Gasteiger partial charge on any atom is -0.484 e. The smallest absolute Gasteiger partial charge is 0.261 e. The van der Waals surface area contributed by atoms with Crippen molar-refractivity contribution in [2.75, 3.05) is 13.2 Å². The Balaban J connectivity index is 2.15. The number of unbranched alkanes of at least 4 members (excludes halogenated alkanes) is 1. The first-order chi connectivity index (χ1) is 14.7. The third kappa shape index (κ3) is 7.60. The maximum absolute atomic E-state index is 13.0. The third-order valence-corrected chi connectivity index (χ3v) is 5.99. The Morgan fingerprint density at radius 2 is 1.77 bits per heavy atom. The predicted octanol–water partition coefficient (Wildman–Crippen LogP) is 5.67. The summed E-state index contributed by atoms with van der Waals surface area (Å²) >= 11 is 18.2. The zero-order valence-corrected chi connectivity index (χ0v) is 20.2. The number of rotatable bonds is 10.